The highest BCUT2D eigenvalue weighted by Gasteiger charge is 2.18. The van der Waals surface area contributed by atoms with E-state index in [0.29, 0.717) is 17.7 Å². The summed E-state index contributed by atoms with van der Waals surface area (Å²) >= 11 is 1.27. The molecule has 3 rings (SSSR count). The van der Waals surface area contributed by atoms with Gasteiger partial charge in [0.1, 0.15) is 0 Å². The lowest BCUT2D eigenvalue weighted by Crippen LogP contribution is -2.31. The third kappa shape index (κ3) is 5.16. The number of pyridine rings is 1. The molecule has 7 heteroatoms. The predicted octanol–water partition coefficient (Wildman–Crippen LogP) is 3.62. The molecular formula is C18H22N4O2S. The number of amides is 1. The Hall–Kier alpha value is -2.15. The summed E-state index contributed by atoms with van der Waals surface area (Å²) in [5.41, 5.74) is 2.28. The maximum absolute atomic E-state index is 12.2. The quantitative estimate of drug-likeness (QED) is 0.601. The summed E-state index contributed by atoms with van der Waals surface area (Å²) in [7, 11) is 0. The van der Waals surface area contributed by atoms with Crippen LogP contribution < -0.4 is 5.32 Å². The van der Waals surface area contributed by atoms with Gasteiger partial charge in [-0.25, -0.2) is 0 Å². The second-order valence-corrected chi connectivity index (χ2v) is 7.31. The van der Waals surface area contributed by atoms with E-state index >= 15 is 0 Å². The van der Waals surface area contributed by atoms with Crippen molar-refractivity contribution in [1.29, 1.82) is 0 Å². The third-order valence-corrected chi connectivity index (χ3v) is 5.05. The zero-order valence-electron chi connectivity index (χ0n) is 14.3. The molecule has 1 amide bonds. The Morgan fingerprint density at radius 1 is 1.32 bits per heavy atom. The van der Waals surface area contributed by atoms with E-state index in [1.807, 2.05) is 6.92 Å². The Morgan fingerprint density at radius 3 is 2.92 bits per heavy atom. The lowest BCUT2D eigenvalue weighted by atomic mass is 9.97. The van der Waals surface area contributed by atoms with Crippen molar-refractivity contribution < 1.29 is 9.21 Å². The van der Waals surface area contributed by atoms with Gasteiger partial charge in [0.25, 0.3) is 5.22 Å². The van der Waals surface area contributed by atoms with Crippen LogP contribution in [0.4, 0.5) is 0 Å². The molecular weight excluding hydrogens is 336 g/mol. The summed E-state index contributed by atoms with van der Waals surface area (Å²) in [5, 5.41) is 11.1. The Kier molecular flexibility index (Phi) is 6.22. The minimum Gasteiger partial charge on any atom is -0.411 e. The van der Waals surface area contributed by atoms with Gasteiger partial charge in [-0.15, -0.1) is 10.2 Å². The van der Waals surface area contributed by atoms with Crippen LogP contribution in [0.1, 0.15) is 39.0 Å². The van der Waals surface area contributed by atoms with Gasteiger partial charge in [-0.1, -0.05) is 23.4 Å². The van der Waals surface area contributed by atoms with E-state index in [2.05, 4.69) is 26.6 Å². The van der Waals surface area contributed by atoms with E-state index in [4.69, 9.17) is 4.42 Å². The number of carbonyl (C=O) groups is 1. The summed E-state index contributed by atoms with van der Waals surface area (Å²) in [5.74, 6) is 0.423. The summed E-state index contributed by atoms with van der Waals surface area (Å²) in [6, 6.07) is 3.61. The molecule has 2 aromatic rings. The lowest BCUT2D eigenvalue weighted by molar-refractivity contribution is -0.120. The third-order valence-electron chi connectivity index (χ3n) is 4.11. The molecule has 0 bridgehead atoms. The van der Waals surface area contributed by atoms with Crippen LogP contribution in [0.5, 0.6) is 0 Å². The molecule has 0 saturated heterocycles. The van der Waals surface area contributed by atoms with E-state index in [0.717, 1.165) is 12.0 Å². The fraction of sp³-hybridized carbons (Fsp3) is 0.444. The number of hydrogen-bond acceptors (Lipinski definition) is 6. The van der Waals surface area contributed by atoms with Crippen LogP contribution in [0.2, 0.25) is 0 Å². The SMILES string of the molecule is C[C@H](Sc1nnc(-c2ccncc2)o1)C(=O)NCCC1=CCCCC1. The van der Waals surface area contributed by atoms with E-state index in [1.54, 1.807) is 24.5 Å². The fourth-order valence-corrected chi connectivity index (χ4v) is 3.40. The molecule has 0 saturated carbocycles. The van der Waals surface area contributed by atoms with Gasteiger partial charge >= 0.3 is 0 Å². The molecule has 2 aromatic heterocycles. The molecule has 2 heterocycles. The van der Waals surface area contributed by atoms with Gasteiger partial charge in [0.05, 0.1) is 5.25 Å². The number of nitrogens with one attached hydrogen (secondary N) is 1. The van der Waals surface area contributed by atoms with Crippen molar-refractivity contribution in [3.05, 3.63) is 36.2 Å². The van der Waals surface area contributed by atoms with E-state index in [1.165, 1.54) is 43.0 Å². The summed E-state index contributed by atoms with van der Waals surface area (Å²) in [6.45, 7) is 2.53. The van der Waals surface area contributed by atoms with Gasteiger partial charge in [0.15, 0.2) is 0 Å². The molecule has 1 atom stereocenters. The van der Waals surface area contributed by atoms with Gasteiger partial charge in [0, 0.05) is 24.5 Å². The van der Waals surface area contributed by atoms with Gasteiger partial charge in [0.2, 0.25) is 11.8 Å². The van der Waals surface area contributed by atoms with Crippen molar-refractivity contribution in [3.63, 3.8) is 0 Å². The van der Waals surface area contributed by atoms with Gasteiger partial charge in [-0.05, 0) is 51.2 Å². The molecule has 0 radical (unpaired) electrons. The number of carbonyl (C=O) groups excluding carboxylic acids is 1. The summed E-state index contributed by atoms with van der Waals surface area (Å²) < 4.78 is 5.61. The molecule has 0 aromatic carbocycles. The van der Waals surface area contributed by atoms with Crippen LogP contribution in [0, 0.1) is 0 Å². The number of rotatable bonds is 7. The molecule has 1 aliphatic rings. The van der Waals surface area contributed by atoms with Gasteiger partial charge in [-0.3, -0.25) is 9.78 Å². The van der Waals surface area contributed by atoms with Crippen molar-refractivity contribution in [2.75, 3.05) is 6.54 Å². The summed E-state index contributed by atoms with van der Waals surface area (Å²) in [4.78, 5) is 16.2. The number of aromatic nitrogens is 3. The Morgan fingerprint density at radius 2 is 2.16 bits per heavy atom. The first-order valence-corrected chi connectivity index (χ1v) is 9.46. The highest BCUT2D eigenvalue weighted by molar-refractivity contribution is 8.00. The van der Waals surface area contributed by atoms with Crippen molar-refractivity contribution in [2.45, 2.75) is 49.5 Å². The normalized spacial score (nSPS) is 15.5. The number of thioether (sulfide) groups is 1. The predicted molar refractivity (Wildman–Crippen MR) is 97.0 cm³/mol. The Balaban J connectivity index is 1.46. The highest BCUT2D eigenvalue weighted by Crippen LogP contribution is 2.26. The van der Waals surface area contributed by atoms with Crippen molar-refractivity contribution in [3.8, 4) is 11.5 Å². The van der Waals surface area contributed by atoms with Crippen molar-refractivity contribution >= 4 is 17.7 Å². The Labute approximate surface area is 151 Å². The summed E-state index contributed by atoms with van der Waals surface area (Å²) in [6.07, 6.45) is 11.5. The van der Waals surface area contributed by atoms with E-state index in [9.17, 15) is 4.79 Å². The molecule has 1 N–H and O–H groups in total. The van der Waals surface area contributed by atoms with Crippen molar-refractivity contribution in [1.82, 2.24) is 20.5 Å². The second-order valence-electron chi connectivity index (χ2n) is 6.02. The fourth-order valence-electron chi connectivity index (χ4n) is 2.69. The first kappa shape index (κ1) is 17.7. The number of hydrogen-bond donors (Lipinski definition) is 1. The largest absolute Gasteiger partial charge is 0.411 e. The average molecular weight is 358 g/mol. The maximum atomic E-state index is 12.2. The minimum atomic E-state index is -0.286. The van der Waals surface area contributed by atoms with Crippen molar-refractivity contribution in [2.24, 2.45) is 0 Å². The minimum absolute atomic E-state index is 0.00919. The first-order chi connectivity index (χ1) is 12.2. The monoisotopic (exact) mass is 358 g/mol. The number of allylic oxidation sites excluding steroid dienone is 1. The highest BCUT2D eigenvalue weighted by atomic mass is 32.2. The molecule has 132 valence electrons. The van der Waals surface area contributed by atoms with Crippen LogP contribution in [-0.2, 0) is 4.79 Å². The van der Waals surface area contributed by atoms with E-state index in [-0.39, 0.29) is 11.2 Å². The van der Waals surface area contributed by atoms with Crippen LogP contribution in [0.3, 0.4) is 0 Å². The smallest absolute Gasteiger partial charge is 0.277 e. The molecule has 6 nitrogen and oxygen atoms in total. The van der Waals surface area contributed by atoms with Gasteiger partial charge < -0.3 is 9.73 Å². The topological polar surface area (TPSA) is 80.9 Å². The standard InChI is InChI=1S/C18H22N4O2S/c1-13(16(23)20-12-7-14-5-3-2-4-6-14)25-18-22-21-17(24-18)15-8-10-19-11-9-15/h5,8-11,13H,2-4,6-7,12H2,1H3,(H,20,23)/t13-/m0/s1. The molecule has 1 aliphatic carbocycles. The maximum Gasteiger partial charge on any atom is 0.277 e. The molecule has 0 unspecified atom stereocenters. The van der Waals surface area contributed by atoms with Crippen LogP contribution in [0.15, 0.2) is 45.8 Å². The molecule has 0 fully saturated rings. The van der Waals surface area contributed by atoms with E-state index < -0.39 is 0 Å². The Bertz CT molecular complexity index is 730. The van der Waals surface area contributed by atoms with Crippen LogP contribution in [0.25, 0.3) is 11.5 Å². The second kappa shape index (κ2) is 8.80. The lowest BCUT2D eigenvalue weighted by Gasteiger charge is -2.14. The number of nitrogens with zero attached hydrogens (tertiary/aromatic N) is 3. The zero-order valence-corrected chi connectivity index (χ0v) is 15.1. The average Bonchev–Trinajstić information content (AvgIpc) is 3.12. The zero-order chi connectivity index (χ0) is 17.5. The molecule has 0 spiro atoms. The van der Waals surface area contributed by atoms with Crippen LogP contribution in [-0.4, -0.2) is 32.9 Å². The first-order valence-electron chi connectivity index (χ1n) is 8.58. The molecule has 25 heavy (non-hydrogen) atoms. The molecule has 0 aliphatic heterocycles. The van der Waals surface area contributed by atoms with Crippen LogP contribution >= 0.6 is 11.8 Å². The van der Waals surface area contributed by atoms with Gasteiger partial charge in [-0.2, -0.15) is 0 Å².